The summed E-state index contributed by atoms with van der Waals surface area (Å²) >= 11 is 1.43. The minimum absolute atomic E-state index is 0.106. The third kappa shape index (κ3) is 3.44. The molecule has 6 nitrogen and oxygen atoms in total. The number of hydrogen-bond donors (Lipinski definition) is 1. The Labute approximate surface area is 161 Å². The summed E-state index contributed by atoms with van der Waals surface area (Å²) in [6, 6.07) is 6.45. The molecule has 3 aromatic rings. The number of aromatic nitrogens is 3. The molecule has 27 heavy (non-hydrogen) atoms. The van der Waals surface area contributed by atoms with E-state index < -0.39 is 0 Å². The monoisotopic (exact) mass is 389 g/mol. The summed E-state index contributed by atoms with van der Waals surface area (Å²) in [7, 11) is 0. The van der Waals surface area contributed by atoms with Gasteiger partial charge in [-0.1, -0.05) is 37.3 Å². The zero-order valence-corrected chi connectivity index (χ0v) is 16.4. The summed E-state index contributed by atoms with van der Waals surface area (Å²) in [5.74, 6) is 0.549. The first-order chi connectivity index (χ1) is 13.1. The van der Waals surface area contributed by atoms with E-state index in [0.717, 1.165) is 49.6 Å². The van der Waals surface area contributed by atoms with Crippen LogP contribution in [0.1, 0.15) is 36.2 Å². The highest BCUT2D eigenvalue weighted by Gasteiger charge is 2.31. The van der Waals surface area contributed by atoms with Crippen LogP contribution in [0, 0.1) is 5.82 Å². The number of aryl methyl sites for hydroxylation is 1. The van der Waals surface area contributed by atoms with Crippen LogP contribution < -0.4 is 0 Å². The van der Waals surface area contributed by atoms with Crippen molar-refractivity contribution in [2.75, 3.05) is 32.7 Å². The molecule has 1 atom stereocenters. The van der Waals surface area contributed by atoms with Crippen molar-refractivity contribution < 1.29 is 9.50 Å². The average Bonchev–Trinajstić information content (AvgIpc) is 3.22. The van der Waals surface area contributed by atoms with Crippen LogP contribution in [0.3, 0.4) is 0 Å². The highest BCUT2D eigenvalue weighted by molar-refractivity contribution is 7.17. The fourth-order valence-electron chi connectivity index (χ4n) is 3.66. The van der Waals surface area contributed by atoms with Gasteiger partial charge in [0, 0.05) is 32.6 Å². The Morgan fingerprint density at radius 2 is 2.00 bits per heavy atom. The van der Waals surface area contributed by atoms with Crippen molar-refractivity contribution in [3.05, 3.63) is 46.3 Å². The number of benzene rings is 1. The summed E-state index contributed by atoms with van der Waals surface area (Å²) < 4.78 is 15.5. The number of nitrogens with zero attached hydrogens (tertiary/aromatic N) is 5. The molecule has 1 aliphatic rings. The lowest BCUT2D eigenvalue weighted by molar-refractivity contribution is 0.113. The molecule has 3 heterocycles. The second-order valence-electron chi connectivity index (χ2n) is 6.79. The predicted molar refractivity (Wildman–Crippen MR) is 104 cm³/mol. The lowest BCUT2D eigenvalue weighted by Crippen LogP contribution is -2.47. The molecule has 1 fully saturated rings. The standard InChI is InChI=1S/C19H24FN5OS/c1-3-15-21-19-25(22-15)18(26)17(27-19)16(13-6-5-7-14(20)12-13)24-10-8-23(4-2)9-11-24/h5-7,12,16,26H,3-4,8-11H2,1-2H3/t16-/m1/s1. The number of rotatable bonds is 5. The van der Waals surface area contributed by atoms with Crippen molar-refractivity contribution in [3.8, 4) is 5.88 Å². The van der Waals surface area contributed by atoms with Gasteiger partial charge >= 0.3 is 0 Å². The smallest absolute Gasteiger partial charge is 0.230 e. The normalized spacial score (nSPS) is 17.6. The van der Waals surface area contributed by atoms with Crippen LogP contribution in [0.5, 0.6) is 5.88 Å². The highest BCUT2D eigenvalue weighted by atomic mass is 32.1. The molecule has 1 saturated heterocycles. The maximum Gasteiger partial charge on any atom is 0.230 e. The van der Waals surface area contributed by atoms with Crippen LogP contribution in [0.2, 0.25) is 0 Å². The van der Waals surface area contributed by atoms with Crippen molar-refractivity contribution in [2.24, 2.45) is 0 Å². The number of fused-ring (bicyclic) bond motifs is 1. The van der Waals surface area contributed by atoms with E-state index in [1.165, 1.54) is 21.9 Å². The number of likely N-dealkylation sites (N-methyl/N-ethyl adjacent to an activating group) is 1. The van der Waals surface area contributed by atoms with Crippen molar-refractivity contribution in [1.82, 2.24) is 24.4 Å². The first kappa shape index (κ1) is 18.3. The summed E-state index contributed by atoms with van der Waals surface area (Å²) in [6.45, 7) is 8.83. The van der Waals surface area contributed by atoms with Gasteiger partial charge in [0.2, 0.25) is 10.8 Å². The van der Waals surface area contributed by atoms with Crippen molar-refractivity contribution in [3.63, 3.8) is 0 Å². The minimum Gasteiger partial charge on any atom is -0.492 e. The topological polar surface area (TPSA) is 56.9 Å². The van der Waals surface area contributed by atoms with E-state index in [1.807, 2.05) is 13.0 Å². The van der Waals surface area contributed by atoms with Crippen molar-refractivity contribution >= 4 is 16.3 Å². The molecule has 8 heteroatoms. The summed E-state index contributed by atoms with van der Waals surface area (Å²) in [6.07, 6.45) is 0.718. The molecule has 1 aromatic carbocycles. The van der Waals surface area contributed by atoms with E-state index in [2.05, 4.69) is 26.8 Å². The fourth-order valence-corrected chi connectivity index (χ4v) is 4.80. The third-order valence-corrected chi connectivity index (χ3v) is 6.26. The molecule has 0 bridgehead atoms. The number of thiazole rings is 1. The van der Waals surface area contributed by atoms with Gasteiger partial charge in [0.15, 0.2) is 5.82 Å². The molecular weight excluding hydrogens is 365 g/mol. The van der Waals surface area contributed by atoms with E-state index in [0.29, 0.717) is 10.8 Å². The Kier molecular flexibility index (Phi) is 5.12. The Bertz CT molecular complexity index is 931. The number of aromatic hydroxyl groups is 1. The van der Waals surface area contributed by atoms with Gasteiger partial charge in [-0.15, -0.1) is 5.10 Å². The zero-order chi connectivity index (χ0) is 19.0. The molecule has 0 aliphatic carbocycles. The van der Waals surface area contributed by atoms with Gasteiger partial charge in [-0.05, 0) is 24.2 Å². The van der Waals surface area contributed by atoms with Crippen molar-refractivity contribution in [1.29, 1.82) is 0 Å². The summed E-state index contributed by atoms with van der Waals surface area (Å²) in [5, 5.41) is 15.2. The predicted octanol–water partition coefficient (Wildman–Crippen LogP) is 2.92. The summed E-state index contributed by atoms with van der Waals surface area (Å²) in [5.41, 5.74) is 0.843. The van der Waals surface area contributed by atoms with E-state index in [4.69, 9.17) is 0 Å². The molecule has 0 unspecified atom stereocenters. The van der Waals surface area contributed by atoms with Gasteiger partial charge in [0.1, 0.15) is 5.82 Å². The van der Waals surface area contributed by atoms with Gasteiger partial charge in [0.25, 0.3) is 0 Å². The fraction of sp³-hybridized carbons (Fsp3) is 0.474. The van der Waals surface area contributed by atoms with Crippen LogP contribution in [0.4, 0.5) is 4.39 Å². The Hall–Kier alpha value is -2.03. The number of piperazine rings is 1. The molecule has 0 spiro atoms. The quantitative estimate of drug-likeness (QED) is 0.727. The maximum absolute atomic E-state index is 14.0. The van der Waals surface area contributed by atoms with Crippen molar-refractivity contribution in [2.45, 2.75) is 26.3 Å². The third-order valence-electron chi connectivity index (χ3n) is 5.19. The second kappa shape index (κ2) is 7.53. The first-order valence-corrected chi connectivity index (χ1v) is 10.2. The molecule has 0 radical (unpaired) electrons. The largest absolute Gasteiger partial charge is 0.492 e. The lowest BCUT2D eigenvalue weighted by atomic mass is 10.0. The molecule has 144 valence electrons. The van der Waals surface area contributed by atoms with E-state index in [1.54, 1.807) is 12.1 Å². The van der Waals surface area contributed by atoms with E-state index >= 15 is 0 Å². The molecule has 0 amide bonds. The van der Waals surface area contributed by atoms with Crippen LogP contribution >= 0.6 is 11.3 Å². The second-order valence-corrected chi connectivity index (χ2v) is 7.80. The van der Waals surface area contributed by atoms with Crippen LogP contribution in [-0.2, 0) is 6.42 Å². The first-order valence-electron chi connectivity index (χ1n) is 9.39. The van der Waals surface area contributed by atoms with Gasteiger partial charge < -0.3 is 10.0 Å². The molecule has 0 saturated carbocycles. The number of hydrogen-bond acceptors (Lipinski definition) is 6. The maximum atomic E-state index is 14.0. The Morgan fingerprint density at radius 3 is 2.63 bits per heavy atom. The molecule has 4 rings (SSSR count). The van der Waals surface area contributed by atoms with Gasteiger partial charge in [-0.3, -0.25) is 4.90 Å². The SMILES string of the molecule is CCc1nc2sc([C@@H](c3cccc(F)c3)N3CCN(CC)CC3)c(O)n2n1. The van der Waals surface area contributed by atoms with Gasteiger partial charge in [-0.2, -0.15) is 4.52 Å². The van der Waals surface area contributed by atoms with Gasteiger partial charge in [-0.25, -0.2) is 9.37 Å². The molecule has 2 aromatic heterocycles. The zero-order valence-electron chi connectivity index (χ0n) is 15.6. The van der Waals surface area contributed by atoms with Gasteiger partial charge in [0.05, 0.1) is 10.9 Å². The van der Waals surface area contributed by atoms with Crippen LogP contribution in [-0.4, -0.2) is 62.2 Å². The lowest BCUT2D eigenvalue weighted by Gasteiger charge is -2.38. The molecular formula is C19H24FN5OS. The van der Waals surface area contributed by atoms with E-state index in [9.17, 15) is 9.50 Å². The average molecular weight is 390 g/mol. The minimum atomic E-state index is -0.267. The molecule has 1 N–H and O–H groups in total. The Morgan fingerprint density at radius 1 is 1.22 bits per heavy atom. The van der Waals surface area contributed by atoms with Crippen LogP contribution in [0.25, 0.3) is 4.96 Å². The molecule has 1 aliphatic heterocycles. The summed E-state index contributed by atoms with van der Waals surface area (Å²) in [4.78, 5) is 10.6. The van der Waals surface area contributed by atoms with E-state index in [-0.39, 0.29) is 17.7 Å². The van der Waals surface area contributed by atoms with Crippen LogP contribution in [0.15, 0.2) is 24.3 Å². The Balaban J connectivity index is 1.76. The number of halogens is 1. The highest BCUT2D eigenvalue weighted by Crippen LogP contribution is 2.40.